The summed E-state index contributed by atoms with van der Waals surface area (Å²) in [6, 6.07) is 2.10. The molecule has 2 N–H and O–H groups in total. The first-order chi connectivity index (χ1) is 9.11. The smallest absolute Gasteiger partial charge is 0.257 e. The van der Waals surface area contributed by atoms with Gasteiger partial charge in [0.15, 0.2) is 0 Å². The minimum absolute atomic E-state index is 0.0195. The monoisotopic (exact) mass is 266 g/mol. The first kappa shape index (κ1) is 14.1. The number of hydrogen-bond donors (Lipinski definition) is 2. The molecule has 1 amide bonds. The molecule has 0 aliphatic carbocycles. The predicted octanol–water partition coefficient (Wildman–Crippen LogP) is 1.08. The molecule has 2 heterocycles. The highest BCUT2D eigenvalue weighted by atomic mass is 16.3. The van der Waals surface area contributed by atoms with Crippen LogP contribution < -0.4 is 5.32 Å². The van der Waals surface area contributed by atoms with E-state index in [4.69, 9.17) is 9.52 Å². The van der Waals surface area contributed by atoms with Crippen LogP contribution in [0.2, 0.25) is 0 Å². The van der Waals surface area contributed by atoms with Crippen LogP contribution in [0.4, 0.5) is 0 Å². The van der Waals surface area contributed by atoms with Crippen molar-refractivity contribution >= 4 is 5.91 Å². The Labute approximate surface area is 113 Å². The van der Waals surface area contributed by atoms with Crippen LogP contribution in [0.25, 0.3) is 0 Å². The topological polar surface area (TPSA) is 65.7 Å². The Balaban J connectivity index is 2.08. The highest BCUT2D eigenvalue weighted by Crippen LogP contribution is 2.17. The Morgan fingerprint density at radius 3 is 2.89 bits per heavy atom. The minimum atomic E-state index is -0.0582. The summed E-state index contributed by atoms with van der Waals surface area (Å²) in [5.41, 5.74) is 0.601. The van der Waals surface area contributed by atoms with Crippen LogP contribution >= 0.6 is 0 Å². The number of aryl methyl sites for hydroxylation is 2. The van der Waals surface area contributed by atoms with E-state index in [9.17, 15) is 4.79 Å². The molecule has 1 aliphatic rings. The largest absolute Gasteiger partial charge is 0.466 e. The van der Waals surface area contributed by atoms with Gasteiger partial charge in [-0.3, -0.25) is 4.79 Å². The third-order valence-electron chi connectivity index (χ3n) is 3.53. The molecule has 1 saturated heterocycles. The predicted molar refractivity (Wildman–Crippen MR) is 72.2 cm³/mol. The van der Waals surface area contributed by atoms with Crippen molar-refractivity contribution in [3.05, 3.63) is 23.2 Å². The molecule has 0 aromatic carbocycles. The molecule has 5 nitrogen and oxygen atoms in total. The van der Waals surface area contributed by atoms with Crippen LogP contribution in [0.3, 0.4) is 0 Å². The van der Waals surface area contributed by atoms with Gasteiger partial charge in [0.1, 0.15) is 11.5 Å². The fraction of sp³-hybridized carbons (Fsp3) is 0.643. The molecule has 0 bridgehead atoms. The van der Waals surface area contributed by atoms with Gasteiger partial charge in [-0.05, 0) is 39.3 Å². The summed E-state index contributed by atoms with van der Waals surface area (Å²) in [5.74, 6) is 1.32. The molecule has 19 heavy (non-hydrogen) atoms. The zero-order valence-electron chi connectivity index (χ0n) is 11.6. The van der Waals surface area contributed by atoms with E-state index in [1.807, 2.05) is 6.92 Å². The van der Waals surface area contributed by atoms with Crippen molar-refractivity contribution in [2.45, 2.75) is 32.7 Å². The summed E-state index contributed by atoms with van der Waals surface area (Å²) in [7, 11) is 0. The number of hydrogen-bond acceptors (Lipinski definition) is 4. The Kier molecular flexibility index (Phi) is 4.61. The van der Waals surface area contributed by atoms with Crippen molar-refractivity contribution in [2.24, 2.45) is 0 Å². The summed E-state index contributed by atoms with van der Waals surface area (Å²) >= 11 is 0. The number of nitrogens with zero attached hydrogens (tertiary/aromatic N) is 1. The highest BCUT2D eigenvalue weighted by Gasteiger charge is 2.24. The molecule has 1 aromatic heterocycles. The fourth-order valence-corrected chi connectivity index (χ4v) is 2.59. The number of aliphatic hydroxyl groups excluding tert-OH is 1. The molecule has 1 fully saturated rings. The lowest BCUT2D eigenvalue weighted by molar-refractivity contribution is 0.0705. The minimum Gasteiger partial charge on any atom is -0.466 e. The second-order valence-corrected chi connectivity index (χ2v) is 5.09. The molecule has 1 atom stereocenters. The first-order valence-electron chi connectivity index (χ1n) is 6.82. The van der Waals surface area contributed by atoms with Crippen LogP contribution in [-0.2, 0) is 0 Å². The van der Waals surface area contributed by atoms with E-state index < -0.39 is 0 Å². The number of aliphatic hydroxyl groups is 1. The molecule has 1 unspecified atom stereocenters. The number of amides is 1. The maximum Gasteiger partial charge on any atom is 0.257 e. The lowest BCUT2D eigenvalue weighted by Crippen LogP contribution is -2.42. The molecule has 106 valence electrons. The van der Waals surface area contributed by atoms with Gasteiger partial charge in [0.05, 0.1) is 12.2 Å². The van der Waals surface area contributed by atoms with Gasteiger partial charge in [-0.2, -0.15) is 0 Å². The summed E-state index contributed by atoms with van der Waals surface area (Å²) < 4.78 is 5.41. The van der Waals surface area contributed by atoms with Crippen molar-refractivity contribution in [3.63, 3.8) is 0 Å². The van der Waals surface area contributed by atoms with Gasteiger partial charge in [0.2, 0.25) is 0 Å². The van der Waals surface area contributed by atoms with Gasteiger partial charge in [-0.15, -0.1) is 0 Å². The molecule has 1 aliphatic heterocycles. The zero-order valence-corrected chi connectivity index (χ0v) is 11.6. The first-order valence-corrected chi connectivity index (χ1v) is 6.82. The van der Waals surface area contributed by atoms with Gasteiger partial charge in [0, 0.05) is 19.1 Å². The second kappa shape index (κ2) is 6.21. The Morgan fingerprint density at radius 1 is 1.58 bits per heavy atom. The average Bonchev–Trinajstić information content (AvgIpc) is 2.97. The molecular weight excluding hydrogens is 244 g/mol. The van der Waals surface area contributed by atoms with Crippen molar-refractivity contribution in [2.75, 3.05) is 26.2 Å². The Morgan fingerprint density at radius 2 is 2.37 bits per heavy atom. The van der Waals surface area contributed by atoms with Crippen molar-refractivity contribution in [1.29, 1.82) is 0 Å². The molecule has 0 radical (unpaired) electrons. The summed E-state index contributed by atoms with van der Waals surface area (Å²) in [6.45, 7) is 5.62. The number of rotatable bonds is 5. The second-order valence-electron chi connectivity index (χ2n) is 5.09. The number of nitrogens with one attached hydrogen (secondary N) is 1. The van der Waals surface area contributed by atoms with Crippen LogP contribution in [0.1, 0.15) is 34.7 Å². The van der Waals surface area contributed by atoms with Crippen LogP contribution in [0.5, 0.6) is 0 Å². The normalized spacial score (nSPS) is 18.8. The van der Waals surface area contributed by atoms with Gasteiger partial charge in [0.25, 0.3) is 5.91 Å². The van der Waals surface area contributed by atoms with Crippen LogP contribution in [0, 0.1) is 13.8 Å². The van der Waals surface area contributed by atoms with Crippen molar-refractivity contribution < 1.29 is 14.3 Å². The highest BCUT2D eigenvalue weighted by molar-refractivity contribution is 5.95. The van der Waals surface area contributed by atoms with Gasteiger partial charge in [-0.1, -0.05) is 0 Å². The lowest BCUT2D eigenvalue weighted by atomic mass is 10.1. The summed E-state index contributed by atoms with van der Waals surface area (Å²) in [4.78, 5) is 14.2. The fourth-order valence-electron chi connectivity index (χ4n) is 2.59. The van der Waals surface area contributed by atoms with E-state index in [-0.39, 0.29) is 12.5 Å². The van der Waals surface area contributed by atoms with Crippen molar-refractivity contribution in [1.82, 2.24) is 10.2 Å². The number of furan rings is 1. The van der Waals surface area contributed by atoms with E-state index in [0.717, 1.165) is 25.1 Å². The SMILES string of the molecule is Cc1cc(C(=O)N(CCO)CC2CCCN2)c(C)o1. The summed E-state index contributed by atoms with van der Waals surface area (Å²) in [6.07, 6.45) is 2.23. The average molecular weight is 266 g/mol. The zero-order chi connectivity index (χ0) is 13.8. The Hall–Kier alpha value is -1.33. The van der Waals surface area contributed by atoms with Crippen LogP contribution in [-0.4, -0.2) is 48.2 Å². The Bertz CT molecular complexity index is 436. The van der Waals surface area contributed by atoms with E-state index in [0.29, 0.717) is 30.5 Å². The summed E-state index contributed by atoms with van der Waals surface area (Å²) in [5, 5.41) is 12.5. The van der Waals surface area contributed by atoms with E-state index in [1.165, 1.54) is 0 Å². The maximum absolute atomic E-state index is 12.5. The molecule has 5 heteroatoms. The standard InChI is InChI=1S/C14H22N2O3/c1-10-8-13(11(2)19-10)14(18)16(6-7-17)9-12-4-3-5-15-12/h8,12,15,17H,3-7,9H2,1-2H3. The van der Waals surface area contributed by atoms with E-state index in [1.54, 1.807) is 17.9 Å². The van der Waals surface area contributed by atoms with Gasteiger partial charge < -0.3 is 19.7 Å². The quantitative estimate of drug-likeness (QED) is 0.837. The van der Waals surface area contributed by atoms with E-state index >= 15 is 0 Å². The lowest BCUT2D eigenvalue weighted by Gasteiger charge is -2.25. The molecule has 0 spiro atoms. The van der Waals surface area contributed by atoms with Crippen molar-refractivity contribution in [3.8, 4) is 0 Å². The van der Waals surface area contributed by atoms with Gasteiger partial charge in [-0.25, -0.2) is 0 Å². The maximum atomic E-state index is 12.5. The third-order valence-corrected chi connectivity index (χ3v) is 3.53. The molecule has 0 saturated carbocycles. The number of carbonyl (C=O) groups excluding carboxylic acids is 1. The molecule has 1 aromatic rings. The molecular formula is C14H22N2O3. The third kappa shape index (κ3) is 3.36. The van der Waals surface area contributed by atoms with Gasteiger partial charge >= 0.3 is 0 Å². The number of carbonyl (C=O) groups is 1. The van der Waals surface area contributed by atoms with E-state index in [2.05, 4.69) is 5.32 Å². The van der Waals surface area contributed by atoms with Crippen LogP contribution in [0.15, 0.2) is 10.5 Å². The molecule has 2 rings (SSSR count).